The van der Waals surface area contributed by atoms with Gasteiger partial charge in [-0.1, -0.05) is 30.3 Å². The summed E-state index contributed by atoms with van der Waals surface area (Å²) in [7, 11) is 3.99. The van der Waals surface area contributed by atoms with Gasteiger partial charge in [-0.2, -0.15) is 17.7 Å². The molecule has 0 saturated heterocycles. The number of nitrogens with two attached hydrogens (primary N) is 1. The van der Waals surface area contributed by atoms with Gasteiger partial charge in [0.2, 0.25) is 0 Å². The minimum Gasteiger partial charge on any atom is -0.480 e. The van der Waals surface area contributed by atoms with Gasteiger partial charge in [0.15, 0.2) is 0 Å². The van der Waals surface area contributed by atoms with Crippen LogP contribution >= 0.6 is 12.6 Å². The molecule has 0 bridgehead atoms. The van der Waals surface area contributed by atoms with Crippen molar-refractivity contribution in [2.75, 3.05) is 24.7 Å². The fraction of sp³-hybridized carbons (Fsp3) is 0.235. The Balaban J connectivity index is 0.000000351. The number of azo groups is 1. The average molecular weight is 346 g/mol. The van der Waals surface area contributed by atoms with E-state index in [4.69, 9.17) is 10.8 Å². The van der Waals surface area contributed by atoms with Crippen LogP contribution in [0, 0.1) is 0 Å². The van der Waals surface area contributed by atoms with Crippen molar-refractivity contribution in [3.05, 3.63) is 54.6 Å². The molecule has 0 radical (unpaired) electrons. The van der Waals surface area contributed by atoms with Gasteiger partial charge in [0.1, 0.15) is 11.7 Å². The molecular formula is C17H22N4O2S. The van der Waals surface area contributed by atoms with Crippen LogP contribution in [0.4, 0.5) is 17.1 Å². The molecule has 0 amide bonds. The molecule has 0 aliphatic carbocycles. The van der Waals surface area contributed by atoms with Crippen molar-refractivity contribution < 1.29 is 9.90 Å². The number of hydrogen-bond donors (Lipinski definition) is 3. The minimum atomic E-state index is -1.00. The zero-order valence-corrected chi connectivity index (χ0v) is 14.6. The minimum absolute atomic E-state index is 0.190. The Morgan fingerprint density at radius 3 is 2.21 bits per heavy atom. The maximum Gasteiger partial charge on any atom is 0.321 e. The van der Waals surface area contributed by atoms with Crippen molar-refractivity contribution in [1.82, 2.24) is 0 Å². The number of nitrogens with zero attached hydrogens (tertiary/aromatic N) is 3. The number of carboxylic acids is 1. The highest BCUT2D eigenvalue weighted by molar-refractivity contribution is 7.80. The van der Waals surface area contributed by atoms with Crippen molar-refractivity contribution in [3.63, 3.8) is 0 Å². The topological polar surface area (TPSA) is 91.3 Å². The second-order valence-corrected chi connectivity index (χ2v) is 5.41. The fourth-order valence-corrected chi connectivity index (χ4v) is 1.77. The van der Waals surface area contributed by atoms with E-state index < -0.39 is 12.0 Å². The molecule has 2 aromatic rings. The van der Waals surface area contributed by atoms with E-state index in [0.29, 0.717) is 0 Å². The lowest BCUT2D eigenvalue weighted by Gasteiger charge is -2.13. The summed E-state index contributed by atoms with van der Waals surface area (Å²) >= 11 is 3.65. The van der Waals surface area contributed by atoms with Gasteiger partial charge in [0.05, 0.1) is 11.4 Å². The lowest BCUT2D eigenvalue weighted by molar-refractivity contribution is -0.137. The Hall–Kier alpha value is -2.38. The van der Waals surface area contributed by atoms with E-state index in [1.807, 2.05) is 73.6 Å². The first kappa shape index (κ1) is 19.7. The van der Waals surface area contributed by atoms with Crippen LogP contribution in [0.15, 0.2) is 64.8 Å². The van der Waals surface area contributed by atoms with Crippen LogP contribution in [0.5, 0.6) is 0 Å². The van der Waals surface area contributed by atoms with Gasteiger partial charge in [-0.3, -0.25) is 4.79 Å². The number of carboxylic acid groups (broad SMARTS) is 1. The standard InChI is InChI=1S/C14H15N3.C3H7NO2S/c1-17(2)14-11-7-6-10-13(14)16-15-12-8-4-3-5-9-12;4-2(1-7)3(5)6/h3-11H,1-2H3;2,7H,1,4H2,(H,5,6). The van der Waals surface area contributed by atoms with E-state index in [1.165, 1.54) is 0 Å². The number of para-hydroxylation sites is 1. The van der Waals surface area contributed by atoms with Crippen molar-refractivity contribution in [2.45, 2.75) is 6.04 Å². The highest BCUT2D eigenvalue weighted by Crippen LogP contribution is 2.28. The third-order valence-corrected chi connectivity index (χ3v) is 3.30. The smallest absolute Gasteiger partial charge is 0.321 e. The van der Waals surface area contributed by atoms with E-state index in [1.54, 1.807) is 0 Å². The van der Waals surface area contributed by atoms with Gasteiger partial charge in [-0.15, -0.1) is 5.11 Å². The molecule has 0 heterocycles. The van der Waals surface area contributed by atoms with Crippen molar-refractivity contribution in [2.24, 2.45) is 16.0 Å². The highest BCUT2D eigenvalue weighted by atomic mass is 32.1. The molecule has 0 aliphatic heterocycles. The average Bonchev–Trinajstić information content (AvgIpc) is 2.60. The first-order valence-corrected chi connectivity index (χ1v) is 7.91. The Bertz CT molecular complexity index is 663. The normalized spacial score (nSPS) is 11.5. The lowest BCUT2D eigenvalue weighted by Crippen LogP contribution is -2.31. The van der Waals surface area contributed by atoms with Gasteiger partial charge in [0.25, 0.3) is 0 Å². The highest BCUT2D eigenvalue weighted by Gasteiger charge is 2.06. The van der Waals surface area contributed by atoms with Gasteiger partial charge in [-0.05, 0) is 24.3 Å². The monoisotopic (exact) mass is 346 g/mol. The van der Waals surface area contributed by atoms with Gasteiger partial charge in [-0.25, -0.2) is 0 Å². The largest absolute Gasteiger partial charge is 0.480 e. The molecule has 1 unspecified atom stereocenters. The zero-order valence-electron chi connectivity index (χ0n) is 13.7. The molecule has 0 fully saturated rings. The molecule has 0 aliphatic rings. The third kappa shape index (κ3) is 6.80. The molecule has 1 atom stereocenters. The molecule has 128 valence electrons. The van der Waals surface area contributed by atoms with E-state index in [0.717, 1.165) is 17.1 Å². The summed E-state index contributed by atoms with van der Waals surface area (Å²) in [6, 6.07) is 16.9. The van der Waals surface area contributed by atoms with E-state index >= 15 is 0 Å². The fourth-order valence-electron chi connectivity index (χ4n) is 1.61. The molecule has 2 rings (SSSR count). The van der Waals surface area contributed by atoms with Crippen LogP contribution in [-0.2, 0) is 4.79 Å². The quantitative estimate of drug-likeness (QED) is 0.571. The first-order valence-electron chi connectivity index (χ1n) is 7.28. The van der Waals surface area contributed by atoms with Crippen molar-refractivity contribution in [1.29, 1.82) is 0 Å². The summed E-state index contributed by atoms with van der Waals surface area (Å²) in [5.74, 6) is -0.815. The summed E-state index contributed by atoms with van der Waals surface area (Å²) in [5, 5.41) is 16.5. The summed E-state index contributed by atoms with van der Waals surface area (Å²) in [5.41, 5.74) is 7.74. The van der Waals surface area contributed by atoms with Crippen LogP contribution in [0.3, 0.4) is 0 Å². The van der Waals surface area contributed by atoms with Crippen molar-refractivity contribution in [3.8, 4) is 0 Å². The Morgan fingerprint density at radius 1 is 1.12 bits per heavy atom. The van der Waals surface area contributed by atoms with E-state index in [-0.39, 0.29) is 5.75 Å². The number of hydrogen-bond acceptors (Lipinski definition) is 6. The molecule has 0 spiro atoms. The SMILES string of the molecule is CN(C)c1ccccc1N=Nc1ccccc1.NC(CS)C(=O)O. The molecule has 6 nitrogen and oxygen atoms in total. The maximum absolute atomic E-state index is 9.76. The molecule has 3 N–H and O–H groups in total. The number of anilines is 1. The summed E-state index contributed by atoms with van der Waals surface area (Å²) in [4.78, 5) is 11.8. The summed E-state index contributed by atoms with van der Waals surface area (Å²) in [6.45, 7) is 0. The van der Waals surface area contributed by atoms with Crippen LogP contribution < -0.4 is 10.6 Å². The summed E-state index contributed by atoms with van der Waals surface area (Å²) in [6.07, 6.45) is 0. The van der Waals surface area contributed by atoms with E-state index in [9.17, 15) is 4.79 Å². The Morgan fingerprint density at radius 2 is 1.71 bits per heavy atom. The number of aliphatic carboxylic acids is 1. The van der Waals surface area contributed by atoms with Gasteiger partial charge in [0, 0.05) is 19.8 Å². The summed E-state index contributed by atoms with van der Waals surface area (Å²) < 4.78 is 0. The van der Waals surface area contributed by atoms with Crippen LogP contribution in [0.25, 0.3) is 0 Å². The predicted octanol–water partition coefficient (Wildman–Crippen LogP) is 3.50. The molecular weight excluding hydrogens is 324 g/mol. The Kier molecular flexibility index (Phi) is 8.53. The lowest BCUT2D eigenvalue weighted by atomic mass is 10.2. The second-order valence-electron chi connectivity index (χ2n) is 5.05. The number of benzene rings is 2. The third-order valence-electron chi connectivity index (χ3n) is 2.91. The molecule has 7 heteroatoms. The zero-order chi connectivity index (χ0) is 17.9. The molecule has 0 saturated carbocycles. The van der Waals surface area contributed by atoms with Gasteiger partial charge >= 0.3 is 5.97 Å². The van der Waals surface area contributed by atoms with Crippen LogP contribution in [0.2, 0.25) is 0 Å². The Labute approximate surface area is 147 Å². The van der Waals surface area contributed by atoms with Crippen molar-refractivity contribution >= 4 is 35.7 Å². The molecule has 24 heavy (non-hydrogen) atoms. The number of carbonyl (C=O) groups is 1. The molecule has 0 aromatic heterocycles. The maximum atomic E-state index is 9.76. The number of thiol groups is 1. The molecule has 2 aromatic carbocycles. The number of rotatable bonds is 5. The first-order chi connectivity index (χ1) is 11.5. The van der Waals surface area contributed by atoms with Crippen LogP contribution in [-0.4, -0.2) is 37.0 Å². The van der Waals surface area contributed by atoms with E-state index in [2.05, 4.69) is 22.9 Å². The second kappa shape index (κ2) is 10.4. The predicted molar refractivity (Wildman–Crippen MR) is 101 cm³/mol. The van der Waals surface area contributed by atoms with Gasteiger partial charge < -0.3 is 15.7 Å². The van der Waals surface area contributed by atoms with Crippen LogP contribution in [0.1, 0.15) is 0 Å².